The summed E-state index contributed by atoms with van der Waals surface area (Å²) in [5, 5.41) is 12.5. The quantitative estimate of drug-likeness (QED) is 0.571. The molecule has 0 spiro atoms. The van der Waals surface area contributed by atoms with Crippen LogP contribution in [0.25, 0.3) is 33.9 Å². The summed E-state index contributed by atoms with van der Waals surface area (Å²) in [6.45, 7) is 5.02. The zero-order valence-electron chi connectivity index (χ0n) is 13.6. The zero-order chi connectivity index (χ0) is 16.5. The molecule has 0 aliphatic carbocycles. The highest BCUT2D eigenvalue weighted by Crippen LogP contribution is 2.24. The third kappa shape index (κ3) is 2.56. The van der Waals surface area contributed by atoms with Gasteiger partial charge in [0, 0.05) is 17.7 Å². The van der Waals surface area contributed by atoms with E-state index in [1.165, 1.54) is 5.56 Å². The maximum atomic E-state index is 5.40. The lowest BCUT2D eigenvalue weighted by Gasteiger charge is -1.99. The summed E-state index contributed by atoms with van der Waals surface area (Å²) in [5.74, 6) is 1.07. The van der Waals surface area contributed by atoms with E-state index in [9.17, 15) is 0 Å². The number of nitrogens with zero attached hydrogens (tertiary/aromatic N) is 5. The summed E-state index contributed by atoms with van der Waals surface area (Å²) in [7, 11) is 0. The van der Waals surface area contributed by atoms with Gasteiger partial charge in [-0.15, -0.1) is 5.10 Å². The first-order valence-electron chi connectivity index (χ1n) is 7.99. The van der Waals surface area contributed by atoms with Crippen LogP contribution < -0.4 is 0 Å². The van der Waals surface area contributed by atoms with Crippen molar-refractivity contribution in [2.45, 2.75) is 26.8 Å². The summed E-state index contributed by atoms with van der Waals surface area (Å²) in [6.07, 6.45) is 1.02. The predicted molar refractivity (Wildman–Crippen MR) is 91.3 cm³/mol. The topological polar surface area (TPSA) is 69.6 Å². The van der Waals surface area contributed by atoms with Crippen molar-refractivity contribution in [1.29, 1.82) is 0 Å². The van der Waals surface area contributed by atoms with Crippen molar-refractivity contribution in [1.82, 2.24) is 25.1 Å². The Morgan fingerprint density at radius 1 is 1.04 bits per heavy atom. The van der Waals surface area contributed by atoms with E-state index in [2.05, 4.69) is 27.4 Å². The molecular weight excluding hydrogens is 302 g/mol. The van der Waals surface area contributed by atoms with Crippen LogP contribution in [-0.2, 0) is 6.54 Å². The first-order chi connectivity index (χ1) is 11.7. The molecule has 0 amide bonds. The minimum atomic E-state index is 0.514. The maximum Gasteiger partial charge on any atom is 0.258 e. The fourth-order valence-electron chi connectivity index (χ4n) is 2.64. The number of hydrogen-bond acceptors (Lipinski definition) is 5. The van der Waals surface area contributed by atoms with Gasteiger partial charge in [-0.25, -0.2) is 4.68 Å². The molecule has 0 unspecified atom stereocenters. The van der Waals surface area contributed by atoms with E-state index < -0.39 is 0 Å². The Morgan fingerprint density at radius 3 is 2.62 bits per heavy atom. The monoisotopic (exact) mass is 319 g/mol. The molecule has 2 heterocycles. The van der Waals surface area contributed by atoms with Crippen molar-refractivity contribution in [3.8, 4) is 22.8 Å². The molecule has 0 aliphatic heterocycles. The van der Waals surface area contributed by atoms with Gasteiger partial charge in [0.2, 0.25) is 5.82 Å². The van der Waals surface area contributed by atoms with E-state index in [0.717, 1.165) is 35.1 Å². The van der Waals surface area contributed by atoms with Gasteiger partial charge in [-0.3, -0.25) is 0 Å². The molecular formula is C18H17N5O. The van der Waals surface area contributed by atoms with Crippen LogP contribution >= 0.6 is 0 Å². The molecule has 4 aromatic rings. The molecule has 2 aromatic carbocycles. The lowest BCUT2D eigenvalue weighted by molar-refractivity contribution is 0.432. The van der Waals surface area contributed by atoms with Crippen molar-refractivity contribution < 1.29 is 4.52 Å². The fraction of sp³-hybridized carbons (Fsp3) is 0.222. The van der Waals surface area contributed by atoms with Gasteiger partial charge in [-0.05, 0) is 43.7 Å². The third-order valence-corrected chi connectivity index (χ3v) is 3.93. The van der Waals surface area contributed by atoms with Gasteiger partial charge in [0.15, 0.2) is 0 Å². The van der Waals surface area contributed by atoms with Crippen LogP contribution in [0.1, 0.15) is 18.9 Å². The van der Waals surface area contributed by atoms with Gasteiger partial charge in [-0.1, -0.05) is 35.0 Å². The zero-order valence-corrected chi connectivity index (χ0v) is 13.6. The number of hydrogen-bond donors (Lipinski definition) is 0. The Labute approximate surface area is 139 Å². The largest absolute Gasteiger partial charge is 0.334 e. The predicted octanol–water partition coefficient (Wildman–Crippen LogP) is 3.87. The van der Waals surface area contributed by atoms with E-state index in [1.807, 2.05) is 54.1 Å². The number of benzene rings is 2. The molecule has 0 radical (unpaired) electrons. The van der Waals surface area contributed by atoms with Crippen molar-refractivity contribution in [3.63, 3.8) is 0 Å². The van der Waals surface area contributed by atoms with Crippen LogP contribution in [0, 0.1) is 6.92 Å². The van der Waals surface area contributed by atoms with Gasteiger partial charge in [-0.2, -0.15) is 4.98 Å². The van der Waals surface area contributed by atoms with Crippen molar-refractivity contribution >= 4 is 11.0 Å². The van der Waals surface area contributed by atoms with Gasteiger partial charge in [0.25, 0.3) is 5.89 Å². The van der Waals surface area contributed by atoms with Crippen molar-refractivity contribution in [3.05, 3.63) is 48.0 Å². The molecule has 0 atom stereocenters. The van der Waals surface area contributed by atoms with Crippen LogP contribution in [0.3, 0.4) is 0 Å². The molecule has 0 fully saturated rings. The Balaban J connectivity index is 1.69. The molecule has 2 aromatic heterocycles. The second kappa shape index (κ2) is 5.88. The minimum Gasteiger partial charge on any atom is -0.334 e. The average molecular weight is 319 g/mol. The van der Waals surface area contributed by atoms with Crippen LogP contribution in [0.4, 0.5) is 0 Å². The van der Waals surface area contributed by atoms with Crippen LogP contribution in [0.5, 0.6) is 0 Å². The molecule has 6 heteroatoms. The number of aryl methyl sites for hydroxylation is 2. The smallest absolute Gasteiger partial charge is 0.258 e. The van der Waals surface area contributed by atoms with E-state index in [-0.39, 0.29) is 0 Å². The van der Waals surface area contributed by atoms with E-state index >= 15 is 0 Å². The fourth-order valence-corrected chi connectivity index (χ4v) is 2.64. The van der Waals surface area contributed by atoms with Gasteiger partial charge >= 0.3 is 0 Å². The Bertz CT molecular complexity index is 984. The molecule has 0 saturated carbocycles. The van der Waals surface area contributed by atoms with Crippen LogP contribution in [0.2, 0.25) is 0 Å². The first kappa shape index (κ1) is 14.6. The highest BCUT2D eigenvalue weighted by molar-refractivity contribution is 5.80. The summed E-state index contributed by atoms with van der Waals surface area (Å²) in [6, 6.07) is 13.9. The van der Waals surface area contributed by atoms with E-state index in [1.54, 1.807) is 0 Å². The van der Waals surface area contributed by atoms with Crippen LogP contribution in [-0.4, -0.2) is 25.1 Å². The van der Waals surface area contributed by atoms with Gasteiger partial charge in [0.05, 0.1) is 5.52 Å². The van der Waals surface area contributed by atoms with E-state index in [4.69, 9.17) is 4.52 Å². The highest BCUT2D eigenvalue weighted by atomic mass is 16.5. The summed E-state index contributed by atoms with van der Waals surface area (Å²) in [5.41, 5.74) is 4.83. The van der Waals surface area contributed by atoms with Crippen molar-refractivity contribution in [2.24, 2.45) is 0 Å². The van der Waals surface area contributed by atoms with Gasteiger partial charge < -0.3 is 4.52 Å². The van der Waals surface area contributed by atoms with E-state index in [0.29, 0.717) is 11.7 Å². The highest BCUT2D eigenvalue weighted by Gasteiger charge is 2.12. The Morgan fingerprint density at radius 2 is 1.83 bits per heavy atom. The molecule has 0 bridgehead atoms. The third-order valence-electron chi connectivity index (χ3n) is 3.93. The molecule has 120 valence electrons. The Hall–Kier alpha value is -3.02. The Kier molecular flexibility index (Phi) is 3.57. The standard InChI is InChI=1S/C18H17N5O/c1-3-10-23-16-9-8-14(11-15(16)20-22-23)17-19-18(24-21-17)13-6-4-12(2)5-7-13/h4-9,11H,3,10H2,1-2H3. The molecule has 0 N–H and O–H groups in total. The summed E-state index contributed by atoms with van der Waals surface area (Å²) in [4.78, 5) is 4.50. The minimum absolute atomic E-state index is 0.514. The SMILES string of the molecule is CCCn1nnc2cc(-c3noc(-c4ccc(C)cc4)n3)ccc21. The number of rotatable bonds is 4. The summed E-state index contributed by atoms with van der Waals surface area (Å²) < 4.78 is 7.31. The lowest BCUT2D eigenvalue weighted by Crippen LogP contribution is -1.98. The molecule has 6 nitrogen and oxygen atoms in total. The molecule has 24 heavy (non-hydrogen) atoms. The van der Waals surface area contributed by atoms with Crippen LogP contribution in [0.15, 0.2) is 47.0 Å². The normalized spacial score (nSPS) is 11.2. The number of aromatic nitrogens is 5. The second-order valence-electron chi connectivity index (χ2n) is 5.81. The maximum absolute atomic E-state index is 5.40. The van der Waals surface area contributed by atoms with Gasteiger partial charge in [0.1, 0.15) is 5.52 Å². The lowest BCUT2D eigenvalue weighted by atomic mass is 10.1. The molecule has 4 rings (SSSR count). The van der Waals surface area contributed by atoms with Crippen molar-refractivity contribution in [2.75, 3.05) is 0 Å². The molecule has 0 aliphatic rings. The second-order valence-corrected chi connectivity index (χ2v) is 5.81. The average Bonchev–Trinajstić information content (AvgIpc) is 3.23. The number of fused-ring (bicyclic) bond motifs is 1. The first-order valence-corrected chi connectivity index (χ1v) is 7.99. The summed E-state index contributed by atoms with van der Waals surface area (Å²) >= 11 is 0. The molecule has 0 saturated heterocycles.